The van der Waals surface area contributed by atoms with Gasteiger partial charge >= 0.3 is 11.9 Å². The van der Waals surface area contributed by atoms with Crippen LogP contribution in [0.1, 0.15) is 26.7 Å². The van der Waals surface area contributed by atoms with Crippen molar-refractivity contribution in [3.63, 3.8) is 0 Å². The van der Waals surface area contributed by atoms with Gasteiger partial charge in [0.2, 0.25) is 0 Å². The predicted molar refractivity (Wildman–Crippen MR) is 54.8 cm³/mol. The number of carboxylic acids is 2. The molecule has 0 saturated carbocycles. The van der Waals surface area contributed by atoms with Crippen molar-refractivity contribution in [3.05, 3.63) is 11.5 Å². The third-order valence-corrected chi connectivity index (χ3v) is 1.50. The molecular formula is C10H16O6. The summed E-state index contributed by atoms with van der Waals surface area (Å²) in [4.78, 5) is 21.6. The summed E-state index contributed by atoms with van der Waals surface area (Å²) < 4.78 is 9.69. The van der Waals surface area contributed by atoms with Crippen LogP contribution in [-0.4, -0.2) is 35.4 Å². The molecule has 92 valence electrons. The average Bonchev–Trinajstić information content (AvgIpc) is 2.21. The average molecular weight is 232 g/mol. The van der Waals surface area contributed by atoms with Gasteiger partial charge in [-0.3, -0.25) is 0 Å². The molecule has 0 radical (unpaired) electrons. The first kappa shape index (κ1) is 14.3. The first-order valence-electron chi connectivity index (χ1n) is 5.01. The molecule has 0 atom stereocenters. The molecule has 0 unspecified atom stereocenters. The number of hydrogen-bond acceptors (Lipinski definition) is 4. The van der Waals surface area contributed by atoms with Crippen molar-refractivity contribution < 1.29 is 29.3 Å². The predicted octanol–water partition coefficient (Wildman–Crippen LogP) is 1.22. The van der Waals surface area contributed by atoms with E-state index in [1.165, 1.54) is 0 Å². The first-order chi connectivity index (χ1) is 7.54. The number of carboxylic acid groups (broad SMARTS) is 2. The lowest BCUT2D eigenvalue weighted by Crippen LogP contribution is -2.17. The van der Waals surface area contributed by atoms with Crippen LogP contribution in [0.3, 0.4) is 0 Å². The molecule has 6 heteroatoms. The van der Waals surface area contributed by atoms with Crippen molar-refractivity contribution in [1.82, 2.24) is 0 Å². The normalized spacial score (nSPS) is 11.6. The Bertz CT molecular complexity index is 253. The molecule has 0 aromatic rings. The Hall–Kier alpha value is -1.72. The highest BCUT2D eigenvalue weighted by Crippen LogP contribution is 2.10. The van der Waals surface area contributed by atoms with Gasteiger partial charge in [0.15, 0.2) is 0 Å². The number of aliphatic carboxylic acids is 2. The van der Waals surface area contributed by atoms with E-state index >= 15 is 0 Å². The quantitative estimate of drug-likeness (QED) is 0.482. The molecule has 16 heavy (non-hydrogen) atoms. The van der Waals surface area contributed by atoms with Crippen molar-refractivity contribution in [2.24, 2.45) is 0 Å². The molecular weight excluding hydrogens is 216 g/mol. The van der Waals surface area contributed by atoms with Crippen LogP contribution >= 0.6 is 0 Å². The Labute approximate surface area is 93.5 Å². The smallest absolute Gasteiger partial charge is 0.375 e. The van der Waals surface area contributed by atoms with E-state index in [1.54, 1.807) is 13.8 Å². The zero-order valence-corrected chi connectivity index (χ0v) is 9.36. The molecule has 0 fully saturated rings. The number of rotatable bonds is 8. The molecule has 0 aromatic heterocycles. The maximum absolute atomic E-state index is 10.8. The molecule has 0 aliphatic rings. The maximum Gasteiger partial charge on any atom is 0.375 e. The summed E-state index contributed by atoms with van der Waals surface area (Å²) in [6, 6.07) is 0. The summed E-state index contributed by atoms with van der Waals surface area (Å²) in [6.07, 6.45) is 1.16. The van der Waals surface area contributed by atoms with Crippen molar-refractivity contribution in [2.75, 3.05) is 13.2 Å². The Morgan fingerprint density at radius 3 is 1.38 bits per heavy atom. The Kier molecular flexibility index (Phi) is 6.74. The minimum absolute atomic E-state index is 0.133. The second-order valence-corrected chi connectivity index (χ2v) is 2.97. The summed E-state index contributed by atoms with van der Waals surface area (Å²) in [5.74, 6) is -4.19. The topological polar surface area (TPSA) is 93.1 Å². The van der Waals surface area contributed by atoms with E-state index in [-0.39, 0.29) is 13.2 Å². The zero-order chi connectivity index (χ0) is 12.6. The van der Waals surface area contributed by atoms with Crippen LogP contribution < -0.4 is 0 Å². The summed E-state index contributed by atoms with van der Waals surface area (Å²) in [6.45, 7) is 3.83. The molecule has 0 spiro atoms. The highest BCUT2D eigenvalue weighted by Gasteiger charge is 2.23. The van der Waals surface area contributed by atoms with Gasteiger partial charge in [0.05, 0.1) is 13.2 Å². The van der Waals surface area contributed by atoms with Gasteiger partial charge in [0.1, 0.15) is 0 Å². The molecule has 0 aliphatic carbocycles. The van der Waals surface area contributed by atoms with E-state index < -0.39 is 23.5 Å². The fraction of sp³-hybridized carbons (Fsp3) is 0.600. The van der Waals surface area contributed by atoms with E-state index in [2.05, 4.69) is 0 Å². The minimum Gasteiger partial charge on any atom is -0.484 e. The number of carbonyl (C=O) groups is 2. The van der Waals surface area contributed by atoms with Gasteiger partial charge in [-0.05, 0) is 12.8 Å². The first-order valence-corrected chi connectivity index (χ1v) is 5.01. The van der Waals surface area contributed by atoms with E-state index in [0.29, 0.717) is 12.8 Å². The molecule has 0 amide bonds. The molecule has 0 rings (SSSR count). The standard InChI is InChI=1S/C10H16O6/c1-3-5-15-7(9(11)12)8(10(13)14)16-6-4-2/h3-6H2,1-2H3,(H,11,12)(H,13,14)/b8-7-. The molecule has 0 saturated heterocycles. The summed E-state index contributed by atoms with van der Waals surface area (Å²) in [5, 5.41) is 17.6. The fourth-order valence-corrected chi connectivity index (χ4v) is 0.857. The molecule has 0 bridgehead atoms. The number of hydrogen-bond donors (Lipinski definition) is 2. The third kappa shape index (κ3) is 4.68. The fourth-order valence-electron chi connectivity index (χ4n) is 0.857. The van der Waals surface area contributed by atoms with E-state index in [9.17, 15) is 9.59 Å². The van der Waals surface area contributed by atoms with Crippen LogP contribution in [0.25, 0.3) is 0 Å². The highest BCUT2D eigenvalue weighted by molar-refractivity contribution is 5.95. The van der Waals surface area contributed by atoms with Gasteiger partial charge in [-0.1, -0.05) is 13.8 Å². The molecule has 0 aliphatic heterocycles. The lowest BCUT2D eigenvalue weighted by Gasteiger charge is -2.10. The van der Waals surface area contributed by atoms with Gasteiger partial charge in [-0.15, -0.1) is 0 Å². The van der Waals surface area contributed by atoms with Crippen LogP contribution in [0.5, 0.6) is 0 Å². The Balaban J connectivity index is 4.94. The van der Waals surface area contributed by atoms with Crippen LogP contribution in [0.4, 0.5) is 0 Å². The summed E-state index contributed by atoms with van der Waals surface area (Å²) in [7, 11) is 0. The molecule has 2 N–H and O–H groups in total. The van der Waals surface area contributed by atoms with Crippen molar-refractivity contribution >= 4 is 11.9 Å². The lowest BCUT2D eigenvalue weighted by atomic mass is 10.4. The number of ether oxygens (including phenoxy) is 2. The second kappa shape index (κ2) is 7.56. The van der Waals surface area contributed by atoms with Gasteiger partial charge in [-0.25, -0.2) is 9.59 Å². The summed E-state index contributed by atoms with van der Waals surface area (Å²) >= 11 is 0. The van der Waals surface area contributed by atoms with Gasteiger partial charge < -0.3 is 19.7 Å². The van der Waals surface area contributed by atoms with E-state index in [0.717, 1.165) is 0 Å². The Morgan fingerprint density at radius 2 is 1.19 bits per heavy atom. The lowest BCUT2D eigenvalue weighted by molar-refractivity contribution is -0.142. The minimum atomic E-state index is -1.44. The van der Waals surface area contributed by atoms with Crippen LogP contribution in [0.15, 0.2) is 11.5 Å². The molecule has 0 aromatic carbocycles. The van der Waals surface area contributed by atoms with Gasteiger partial charge in [-0.2, -0.15) is 0 Å². The Morgan fingerprint density at radius 1 is 0.875 bits per heavy atom. The van der Waals surface area contributed by atoms with Crippen LogP contribution in [0.2, 0.25) is 0 Å². The van der Waals surface area contributed by atoms with Crippen LogP contribution in [-0.2, 0) is 19.1 Å². The SMILES string of the molecule is CCCO/C(C(=O)O)=C(\OCCC)C(=O)O. The zero-order valence-electron chi connectivity index (χ0n) is 9.36. The van der Waals surface area contributed by atoms with Crippen molar-refractivity contribution in [1.29, 1.82) is 0 Å². The monoisotopic (exact) mass is 232 g/mol. The van der Waals surface area contributed by atoms with Crippen LogP contribution in [0, 0.1) is 0 Å². The molecule has 0 heterocycles. The van der Waals surface area contributed by atoms with E-state index in [4.69, 9.17) is 19.7 Å². The van der Waals surface area contributed by atoms with Crippen molar-refractivity contribution in [2.45, 2.75) is 26.7 Å². The van der Waals surface area contributed by atoms with Gasteiger partial charge in [0.25, 0.3) is 11.5 Å². The summed E-state index contributed by atoms with van der Waals surface area (Å²) in [5.41, 5.74) is 0. The molecule has 6 nitrogen and oxygen atoms in total. The second-order valence-electron chi connectivity index (χ2n) is 2.97. The van der Waals surface area contributed by atoms with Crippen molar-refractivity contribution in [3.8, 4) is 0 Å². The highest BCUT2D eigenvalue weighted by atomic mass is 16.5. The van der Waals surface area contributed by atoms with E-state index in [1.807, 2.05) is 0 Å². The largest absolute Gasteiger partial charge is 0.484 e. The maximum atomic E-state index is 10.8. The van der Waals surface area contributed by atoms with Gasteiger partial charge in [0, 0.05) is 0 Å². The third-order valence-electron chi connectivity index (χ3n) is 1.50.